The molecule has 2 N–H and O–H groups in total. The maximum Gasteiger partial charge on any atom is 0.392 e. The normalized spacial score (nSPS) is 23.5. The van der Waals surface area contributed by atoms with Gasteiger partial charge in [-0.25, -0.2) is 0 Å². The van der Waals surface area contributed by atoms with Crippen LogP contribution >= 0.6 is 0 Å². The molecule has 1 atom stereocenters. The van der Waals surface area contributed by atoms with Crippen molar-refractivity contribution >= 4 is 17.3 Å². The zero-order valence-electron chi connectivity index (χ0n) is 12.3. The molecule has 0 saturated heterocycles. The number of ketones is 3. The van der Waals surface area contributed by atoms with Gasteiger partial charge in [0, 0.05) is 25.0 Å². The predicted octanol–water partition coefficient (Wildman–Crippen LogP) is 2.86. The minimum absolute atomic E-state index is 0.0218. The van der Waals surface area contributed by atoms with E-state index in [2.05, 4.69) is 0 Å². The van der Waals surface area contributed by atoms with Crippen LogP contribution in [0.5, 0.6) is 0 Å². The minimum atomic E-state index is -4.41. The molecular formula is C14H15F6NO3. The first kappa shape index (κ1) is 20.2. The highest BCUT2D eigenvalue weighted by molar-refractivity contribution is 6.01. The molecule has 0 heterocycles. The van der Waals surface area contributed by atoms with Crippen LogP contribution in [-0.2, 0) is 14.4 Å². The molecule has 0 aromatic rings. The summed E-state index contributed by atoms with van der Waals surface area (Å²) < 4.78 is 72.1. The van der Waals surface area contributed by atoms with E-state index in [4.69, 9.17) is 5.73 Å². The number of halogens is 6. The summed E-state index contributed by atoms with van der Waals surface area (Å²) in [6.45, 7) is 0. The summed E-state index contributed by atoms with van der Waals surface area (Å²) in [5, 5.41) is 0. The third-order valence-electron chi connectivity index (χ3n) is 3.54. The minimum Gasteiger partial charge on any atom is -0.402 e. The fourth-order valence-corrected chi connectivity index (χ4v) is 2.37. The Kier molecular flexibility index (Phi) is 6.18. The van der Waals surface area contributed by atoms with Crippen molar-refractivity contribution in [1.82, 2.24) is 0 Å². The first-order valence-electron chi connectivity index (χ1n) is 6.94. The van der Waals surface area contributed by atoms with E-state index in [0.717, 1.165) is 6.08 Å². The fraction of sp³-hybridized carbons (Fsp3) is 0.643. The molecule has 0 bridgehead atoms. The molecule has 10 heteroatoms. The van der Waals surface area contributed by atoms with Crippen molar-refractivity contribution in [2.45, 2.75) is 44.5 Å². The topological polar surface area (TPSA) is 77.2 Å². The Morgan fingerprint density at radius 3 is 1.58 bits per heavy atom. The Bertz CT molecular complexity index is 522. The molecule has 1 unspecified atom stereocenters. The lowest BCUT2D eigenvalue weighted by Gasteiger charge is -2.22. The molecule has 1 saturated carbocycles. The van der Waals surface area contributed by atoms with E-state index in [1.54, 1.807) is 0 Å². The largest absolute Gasteiger partial charge is 0.402 e. The molecule has 0 aromatic heterocycles. The van der Waals surface area contributed by atoms with Crippen molar-refractivity contribution in [2.24, 2.45) is 17.6 Å². The number of nitrogens with two attached hydrogens (primary N) is 1. The molecule has 2 rings (SSSR count). The molecule has 4 nitrogen and oxygen atoms in total. The van der Waals surface area contributed by atoms with Gasteiger partial charge < -0.3 is 5.73 Å². The second-order valence-corrected chi connectivity index (χ2v) is 5.73. The summed E-state index contributed by atoms with van der Waals surface area (Å²) >= 11 is 0. The van der Waals surface area contributed by atoms with Gasteiger partial charge in [-0.1, -0.05) is 0 Å². The van der Waals surface area contributed by atoms with E-state index < -0.39 is 60.8 Å². The van der Waals surface area contributed by atoms with Crippen molar-refractivity contribution in [3.8, 4) is 0 Å². The average molecular weight is 359 g/mol. The van der Waals surface area contributed by atoms with Gasteiger partial charge in [0.2, 0.25) is 0 Å². The first-order valence-corrected chi connectivity index (χ1v) is 6.94. The molecule has 24 heavy (non-hydrogen) atoms. The molecule has 0 radical (unpaired) electrons. The lowest BCUT2D eigenvalue weighted by Crippen LogP contribution is -2.32. The van der Waals surface area contributed by atoms with Crippen molar-refractivity contribution in [3.63, 3.8) is 0 Å². The molecule has 2 aliphatic carbocycles. The highest BCUT2D eigenvalue weighted by Gasteiger charge is 2.44. The summed E-state index contributed by atoms with van der Waals surface area (Å²) in [6.07, 6.45) is -9.76. The van der Waals surface area contributed by atoms with Gasteiger partial charge in [0.05, 0.1) is 18.3 Å². The summed E-state index contributed by atoms with van der Waals surface area (Å²) in [5.41, 5.74) is 5.17. The van der Waals surface area contributed by atoms with Crippen LogP contribution in [0.3, 0.4) is 0 Å². The number of hydrogen-bond donors (Lipinski definition) is 1. The summed E-state index contributed by atoms with van der Waals surface area (Å²) in [4.78, 5) is 31.9. The Labute approximate surface area is 133 Å². The molecule has 0 aromatic carbocycles. The third kappa shape index (κ3) is 6.32. The zero-order valence-corrected chi connectivity index (χ0v) is 12.3. The SMILES string of the molecule is NC1=CC(=O)CC(C(F)(F)F)C1.O=C1CC(=O)CC(C(F)(F)F)C1. The van der Waals surface area contributed by atoms with Crippen LogP contribution in [0.4, 0.5) is 26.3 Å². The quantitative estimate of drug-likeness (QED) is 0.533. The summed E-state index contributed by atoms with van der Waals surface area (Å²) in [5.74, 6) is -5.08. The second-order valence-electron chi connectivity index (χ2n) is 5.73. The van der Waals surface area contributed by atoms with Crippen molar-refractivity contribution in [2.75, 3.05) is 0 Å². The highest BCUT2D eigenvalue weighted by atomic mass is 19.4. The monoisotopic (exact) mass is 359 g/mol. The van der Waals surface area contributed by atoms with Crippen LogP contribution in [0.1, 0.15) is 32.1 Å². The van der Waals surface area contributed by atoms with Gasteiger partial charge in [-0.3, -0.25) is 14.4 Å². The molecule has 1 fully saturated rings. The Hall–Kier alpha value is -1.87. The van der Waals surface area contributed by atoms with Crippen molar-refractivity contribution < 1.29 is 40.7 Å². The van der Waals surface area contributed by atoms with Gasteiger partial charge in [0.25, 0.3) is 0 Å². The van der Waals surface area contributed by atoms with Gasteiger partial charge >= 0.3 is 12.4 Å². The molecule has 0 aliphatic heterocycles. The summed E-state index contributed by atoms with van der Waals surface area (Å²) in [6, 6.07) is 0. The van der Waals surface area contributed by atoms with E-state index in [1.807, 2.05) is 0 Å². The van der Waals surface area contributed by atoms with Gasteiger partial charge in [0.1, 0.15) is 11.6 Å². The maximum absolute atomic E-state index is 12.1. The standard InChI is InChI=1S/C7H8F3NO.C7H7F3O2/c2*8-7(9,10)4-1-5(11)3-6(12)2-4/h3-4H,1-2,11H2;4H,1-3H2. The zero-order chi connectivity index (χ0) is 18.7. The second kappa shape index (κ2) is 7.35. The Balaban J connectivity index is 0.000000240. The number of carbonyl (C=O) groups excluding carboxylic acids is 3. The van der Waals surface area contributed by atoms with E-state index >= 15 is 0 Å². The number of carbonyl (C=O) groups is 3. The Morgan fingerprint density at radius 1 is 0.792 bits per heavy atom. The Morgan fingerprint density at radius 2 is 1.21 bits per heavy atom. The van der Waals surface area contributed by atoms with E-state index in [0.29, 0.717) is 0 Å². The lowest BCUT2D eigenvalue weighted by atomic mass is 9.87. The van der Waals surface area contributed by atoms with Crippen molar-refractivity contribution in [3.05, 3.63) is 11.8 Å². The number of hydrogen-bond acceptors (Lipinski definition) is 4. The van der Waals surface area contributed by atoms with Gasteiger partial charge in [0.15, 0.2) is 5.78 Å². The van der Waals surface area contributed by atoms with Crippen LogP contribution in [0.25, 0.3) is 0 Å². The van der Waals surface area contributed by atoms with Crippen LogP contribution in [0.15, 0.2) is 11.8 Å². The predicted molar refractivity (Wildman–Crippen MR) is 69.5 cm³/mol. The van der Waals surface area contributed by atoms with Crippen LogP contribution < -0.4 is 5.73 Å². The molecule has 0 amide bonds. The number of rotatable bonds is 0. The fourth-order valence-electron chi connectivity index (χ4n) is 2.37. The van der Waals surface area contributed by atoms with E-state index in [1.165, 1.54) is 0 Å². The van der Waals surface area contributed by atoms with E-state index in [9.17, 15) is 40.7 Å². The number of Topliss-reactive ketones (excluding diaryl/α,β-unsaturated/α-hetero) is 2. The molecular weight excluding hydrogens is 344 g/mol. The first-order chi connectivity index (χ1) is 10.8. The van der Waals surface area contributed by atoms with Gasteiger partial charge in [-0.15, -0.1) is 0 Å². The van der Waals surface area contributed by atoms with Crippen LogP contribution in [0.2, 0.25) is 0 Å². The maximum atomic E-state index is 12.1. The highest BCUT2D eigenvalue weighted by Crippen LogP contribution is 2.35. The summed E-state index contributed by atoms with van der Waals surface area (Å²) in [7, 11) is 0. The van der Waals surface area contributed by atoms with Gasteiger partial charge in [-0.2, -0.15) is 26.3 Å². The van der Waals surface area contributed by atoms with Crippen LogP contribution in [-0.4, -0.2) is 29.7 Å². The number of alkyl halides is 6. The van der Waals surface area contributed by atoms with E-state index in [-0.39, 0.29) is 18.5 Å². The smallest absolute Gasteiger partial charge is 0.392 e. The molecule has 136 valence electrons. The average Bonchev–Trinajstić information content (AvgIpc) is 2.35. The number of allylic oxidation sites excluding steroid dienone is 2. The van der Waals surface area contributed by atoms with Crippen molar-refractivity contribution in [1.29, 1.82) is 0 Å². The third-order valence-corrected chi connectivity index (χ3v) is 3.54. The molecule has 0 spiro atoms. The van der Waals surface area contributed by atoms with Crippen LogP contribution in [0, 0.1) is 11.8 Å². The molecule has 2 aliphatic rings. The lowest BCUT2D eigenvalue weighted by molar-refractivity contribution is -0.185. The van der Waals surface area contributed by atoms with Gasteiger partial charge in [-0.05, 0) is 12.5 Å².